The van der Waals surface area contributed by atoms with Gasteiger partial charge >= 0.3 is 0 Å². The van der Waals surface area contributed by atoms with E-state index < -0.39 is 0 Å². The van der Waals surface area contributed by atoms with Crippen molar-refractivity contribution < 1.29 is 0 Å². The van der Waals surface area contributed by atoms with Crippen LogP contribution in [0.5, 0.6) is 0 Å². The summed E-state index contributed by atoms with van der Waals surface area (Å²) in [6.45, 7) is 8.40. The van der Waals surface area contributed by atoms with Gasteiger partial charge in [-0.3, -0.25) is 4.98 Å². The number of pyridine rings is 1. The van der Waals surface area contributed by atoms with Crippen molar-refractivity contribution in [2.24, 2.45) is 0 Å². The van der Waals surface area contributed by atoms with E-state index in [9.17, 15) is 0 Å². The fourth-order valence-corrected chi connectivity index (χ4v) is 1.69. The first kappa shape index (κ1) is 13.5. The Balaban J connectivity index is 2.54. The predicted molar refractivity (Wildman–Crippen MR) is 78.2 cm³/mol. The van der Waals surface area contributed by atoms with Gasteiger partial charge in [0, 0.05) is 36.0 Å². The Kier molecular flexibility index (Phi) is 3.51. The molecule has 0 fully saturated rings. The van der Waals surface area contributed by atoms with E-state index >= 15 is 0 Å². The molecule has 2 aromatic rings. The third kappa shape index (κ3) is 3.08. The Morgan fingerprint density at radius 2 is 1.84 bits per heavy atom. The number of aryl methyl sites for hydroxylation is 1. The molecule has 0 aliphatic rings. The zero-order valence-electron chi connectivity index (χ0n) is 12.2. The molecule has 0 aliphatic heterocycles. The third-order valence-electron chi connectivity index (χ3n) is 2.92. The summed E-state index contributed by atoms with van der Waals surface area (Å²) >= 11 is 0. The lowest BCUT2D eigenvalue weighted by molar-refractivity contribution is 0.568. The smallest absolute Gasteiger partial charge is 0.163 e. The second kappa shape index (κ2) is 4.96. The Labute approximate surface area is 114 Å². The molecule has 0 bridgehead atoms. The summed E-state index contributed by atoms with van der Waals surface area (Å²) in [5.74, 6) is 1.54. The van der Waals surface area contributed by atoms with Crippen molar-refractivity contribution in [3.05, 3.63) is 35.8 Å². The van der Waals surface area contributed by atoms with Crippen LogP contribution >= 0.6 is 0 Å². The van der Waals surface area contributed by atoms with E-state index in [0.29, 0.717) is 5.82 Å². The van der Waals surface area contributed by atoms with Crippen LogP contribution in [0.15, 0.2) is 24.4 Å². The van der Waals surface area contributed by atoms with Gasteiger partial charge in [-0.05, 0) is 19.1 Å². The highest BCUT2D eigenvalue weighted by molar-refractivity contribution is 5.57. The molecule has 0 spiro atoms. The van der Waals surface area contributed by atoms with E-state index in [0.717, 1.165) is 22.8 Å². The normalized spacial score (nSPS) is 11.4. The van der Waals surface area contributed by atoms with E-state index in [1.165, 1.54) is 0 Å². The van der Waals surface area contributed by atoms with Crippen LogP contribution in [0.25, 0.3) is 11.4 Å². The van der Waals surface area contributed by atoms with Gasteiger partial charge < -0.3 is 5.32 Å². The number of nitrogens with zero attached hydrogens (tertiary/aromatic N) is 3. The first-order valence-corrected chi connectivity index (χ1v) is 6.40. The van der Waals surface area contributed by atoms with E-state index in [-0.39, 0.29) is 5.41 Å². The zero-order valence-corrected chi connectivity index (χ0v) is 12.2. The van der Waals surface area contributed by atoms with Crippen molar-refractivity contribution in [2.45, 2.75) is 33.1 Å². The molecule has 0 aliphatic carbocycles. The molecule has 4 heteroatoms. The lowest BCUT2D eigenvalue weighted by Crippen LogP contribution is -2.15. The van der Waals surface area contributed by atoms with Gasteiger partial charge in [-0.2, -0.15) is 0 Å². The first-order valence-electron chi connectivity index (χ1n) is 6.40. The lowest BCUT2D eigenvalue weighted by Gasteiger charge is -2.19. The molecule has 2 rings (SSSR count). The Hall–Kier alpha value is -1.97. The van der Waals surface area contributed by atoms with Gasteiger partial charge in [-0.1, -0.05) is 20.8 Å². The van der Waals surface area contributed by atoms with Crippen LogP contribution in [0, 0.1) is 6.92 Å². The minimum atomic E-state index is -0.0125. The Morgan fingerprint density at radius 3 is 2.37 bits per heavy atom. The van der Waals surface area contributed by atoms with Gasteiger partial charge in [-0.25, -0.2) is 9.97 Å². The minimum Gasteiger partial charge on any atom is -0.373 e. The third-order valence-corrected chi connectivity index (χ3v) is 2.92. The average Bonchev–Trinajstić information content (AvgIpc) is 2.38. The van der Waals surface area contributed by atoms with Gasteiger partial charge in [0.15, 0.2) is 5.82 Å². The van der Waals surface area contributed by atoms with Gasteiger partial charge in [0.25, 0.3) is 0 Å². The van der Waals surface area contributed by atoms with Gasteiger partial charge in [0.05, 0.1) is 5.69 Å². The van der Waals surface area contributed by atoms with Crippen LogP contribution in [-0.4, -0.2) is 22.0 Å². The summed E-state index contributed by atoms with van der Waals surface area (Å²) in [5, 5.41) is 3.09. The quantitative estimate of drug-likeness (QED) is 0.896. The number of nitrogens with one attached hydrogen (secondary N) is 1. The van der Waals surface area contributed by atoms with Gasteiger partial charge in [0.2, 0.25) is 0 Å². The van der Waals surface area contributed by atoms with Crippen LogP contribution in [0.1, 0.15) is 32.2 Å². The molecule has 4 nitrogen and oxygen atoms in total. The molecule has 2 aromatic heterocycles. The van der Waals surface area contributed by atoms with E-state index in [2.05, 4.69) is 41.0 Å². The highest BCUT2D eigenvalue weighted by Crippen LogP contribution is 2.25. The van der Waals surface area contributed by atoms with Crippen molar-refractivity contribution in [2.75, 3.05) is 12.4 Å². The molecule has 0 unspecified atom stereocenters. The fraction of sp³-hybridized carbons (Fsp3) is 0.400. The zero-order chi connectivity index (χ0) is 14.0. The van der Waals surface area contributed by atoms with Crippen LogP contribution < -0.4 is 5.32 Å². The van der Waals surface area contributed by atoms with Crippen LogP contribution in [0.3, 0.4) is 0 Å². The van der Waals surface area contributed by atoms with Crippen LogP contribution in [-0.2, 0) is 5.41 Å². The standard InChI is InChI=1S/C15H20N4/c1-10-6-7-11(9-17-10)14-18-12(15(2,3)4)8-13(16-5)19-14/h6-9H,1-5H3,(H,16,18,19). The fourth-order valence-electron chi connectivity index (χ4n) is 1.69. The van der Waals surface area contributed by atoms with Gasteiger partial charge in [-0.15, -0.1) is 0 Å². The second-order valence-electron chi connectivity index (χ2n) is 5.65. The van der Waals surface area contributed by atoms with Crippen molar-refractivity contribution >= 4 is 5.82 Å². The summed E-state index contributed by atoms with van der Waals surface area (Å²) in [4.78, 5) is 13.5. The SMILES string of the molecule is CNc1cc(C(C)(C)C)nc(-c2ccc(C)nc2)n1. The molecule has 0 amide bonds. The summed E-state index contributed by atoms with van der Waals surface area (Å²) in [5.41, 5.74) is 2.93. The number of rotatable bonds is 2. The summed E-state index contributed by atoms with van der Waals surface area (Å²) < 4.78 is 0. The Bertz CT molecular complexity index is 568. The average molecular weight is 256 g/mol. The number of hydrogen-bond acceptors (Lipinski definition) is 4. The molecule has 2 heterocycles. The molecule has 0 atom stereocenters. The maximum atomic E-state index is 4.66. The summed E-state index contributed by atoms with van der Waals surface area (Å²) in [7, 11) is 1.87. The van der Waals surface area contributed by atoms with Crippen LogP contribution in [0.2, 0.25) is 0 Å². The van der Waals surface area contributed by atoms with Crippen molar-refractivity contribution in [3.8, 4) is 11.4 Å². The first-order chi connectivity index (χ1) is 8.90. The maximum Gasteiger partial charge on any atom is 0.163 e. The maximum absolute atomic E-state index is 4.66. The molecule has 0 radical (unpaired) electrons. The Morgan fingerprint density at radius 1 is 1.11 bits per heavy atom. The van der Waals surface area contributed by atoms with E-state index in [1.807, 2.05) is 38.4 Å². The van der Waals surface area contributed by atoms with E-state index in [4.69, 9.17) is 0 Å². The van der Waals surface area contributed by atoms with Crippen molar-refractivity contribution in [1.82, 2.24) is 15.0 Å². The number of hydrogen-bond donors (Lipinski definition) is 1. The second-order valence-corrected chi connectivity index (χ2v) is 5.65. The monoisotopic (exact) mass is 256 g/mol. The van der Waals surface area contributed by atoms with E-state index in [1.54, 1.807) is 0 Å². The molecule has 0 saturated carbocycles. The topological polar surface area (TPSA) is 50.7 Å². The molecule has 1 N–H and O–H groups in total. The minimum absolute atomic E-state index is 0.0125. The molecular formula is C15H20N4. The number of aromatic nitrogens is 3. The van der Waals surface area contributed by atoms with Crippen molar-refractivity contribution in [3.63, 3.8) is 0 Å². The summed E-state index contributed by atoms with van der Waals surface area (Å²) in [6, 6.07) is 5.97. The van der Waals surface area contributed by atoms with Gasteiger partial charge in [0.1, 0.15) is 5.82 Å². The summed E-state index contributed by atoms with van der Waals surface area (Å²) in [6.07, 6.45) is 1.82. The molecular weight excluding hydrogens is 236 g/mol. The molecule has 19 heavy (non-hydrogen) atoms. The predicted octanol–water partition coefficient (Wildman–Crippen LogP) is 3.19. The van der Waals surface area contributed by atoms with Crippen LogP contribution in [0.4, 0.5) is 5.82 Å². The largest absolute Gasteiger partial charge is 0.373 e. The lowest BCUT2D eigenvalue weighted by atomic mass is 9.92. The highest BCUT2D eigenvalue weighted by atomic mass is 15.0. The van der Waals surface area contributed by atoms with Crippen molar-refractivity contribution in [1.29, 1.82) is 0 Å². The highest BCUT2D eigenvalue weighted by Gasteiger charge is 2.18. The number of anilines is 1. The molecule has 0 aromatic carbocycles. The molecule has 100 valence electrons. The molecule has 0 saturated heterocycles.